The zero-order valence-electron chi connectivity index (χ0n) is 17.7. The van der Waals surface area contributed by atoms with Crippen LogP contribution < -0.4 is 5.32 Å². The fourth-order valence-corrected chi connectivity index (χ4v) is 3.91. The Balaban J connectivity index is 2.35. The van der Waals surface area contributed by atoms with Gasteiger partial charge in [-0.05, 0) is 55.2 Å². The molecule has 0 aliphatic carbocycles. The van der Waals surface area contributed by atoms with Crippen LogP contribution in [0.2, 0.25) is 20.1 Å². The van der Waals surface area contributed by atoms with E-state index in [1.165, 1.54) is 0 Å². The van der Waals surface area contributed by atoms with Crippen molar-refractivity contribution in [2.45, 2.75) is 58.7 Å². The van der Waals surface area contributed by atoms with E-state index in [0.717, 1.165) is 6.42 Å². The summed E-state index contributed by atoms with van der Waals surface area (Å²) in [6.45, 7) is 5.99. The lowest BCUT2D eigenvalue weighted by Crippen LogP contribution is -2.51. The van der Waals surface area contributed by atoms with Crippen LogP contribution in [-0.4, -0.2) is 28.8 Å². The van der Waals surface area contributed by atoms with Crippen molar-refractivity contribution < 1.29 is 9.59 Å². The second-order valence-electron chi connectivity index (χ2n) is 7.42. The van der Waals surface area contributed by atoms with Crippen LogP contribution >= 0.6 is 46.4 Å². The van der Waals surface area contributed by atoms with Crippen molar-refractivity contribution >= 4 is 58.2 Å². The van der Waals surface area contributed by atoms with Gasteiger partial charge in [-0.1, -0.05) is 72.4 Å². The molecule has 0 radical (unpaired) electrons. The van der Waals surface area contributed by atoms with Gasteiger partial charge in [0.15, 0.2) is 0 Å². The highest BCUT2D eigenvalue weighted by atomic mass is 35.5. The van der Waals surface area contributed by atoms with Crippen LogP contribution in [0.1, 0.15) is 44.7 Å². The summed E-state index contributed by atoms with van der Waals surface area (Å²) in [5, 5.41) is 4.72. The molecule has 0 aromatic heterocycles. The van der Waals surface area contributed by atoms with E-state index in [0.29, 0.717) is 37.6 Å². The second-order valence-corrected chi connectivity index (χ2v) is 9.08. The van der Waals surface area contributed by atoms with Crippen molar-refractivity contribution in [3.63, 3.8) is 0 Å². The van der Waals surface area contributed by atoms with E-state index in [1.807, 2.05) is 20.8 Å². The van der Waals surface area contributed by atoms with E-state index in [4.69, 9.17) is 46.4 Å². The minimum absolute atomic E-state index is 0.00712. The minimum atomic E-state index is -0.643. The molecule has 1 N–H and O–H groups in total. The summed E-state index contributed by atoms with van der Waals surface area (Å²) in [7, 11) is 0. The maximum Gasteiger partial charge on any atom is 0.243 e. The summed E-state index contributed by atoms with van der Waals surface area (Å²) in [6, 6.07) is 9.53. The Bertz CT molecular complexity index is 936. The van der Waals surface area contributed by atoms with Crippen LogP contribution in [0.15, 0.2) is 36.4 Å². The van der Waals surface area contributed by atoms with Gasteiger partial charge in [-0.2, -0.15) is 0 Å². The molecule has 0 aliphatic rings. The fourth-order valence-electron chi connectivity index (χ4n) is 3.12. The van der Waals surface area contributed by atoms with Gasteiger partial charge in [0, 0.05) is 22.6 Å². The van der Waals surface area contributed by atoms with Crippen LogP contribution in [0, 0.1) is 0 Å². The summed E-state index contributed by atoms with van der Waals surface area (Å²) in [5.74, 6) is -0.403. The van der Waals surface area contributed by atoms with E-state index in [1.54, 1.807) is 41.3 Å². The summed E-state index contributed by atoms with van der Waals surface area (Å²) in [6.07, 6.45) is 1.33. The maximum absolute atomic E-state index is 13.4. The standard InChI is InChI=1S/C23H26Cl4N2O2/c1-4-14(3)28-23(31)21(5-2)29(13-16-7-8-17(24)12-19(16)26)22(30)11-15-6-9-18(25)20(27)10-15/h6-10,12,14,21H,4-5,11,13H2,1-3H3,(H,28,31)/t14-,21+/m1/s1. The number of nitrogens with zero attached hydrogens (tertiary/aromatic N) is 1. The Kier molecular flexibility index (Phi) is 9.95. The molecule has 0 unspecified atom stereocenters. The SMILES string of the molecule is CC[C@@H](C)NC(=O)[C@H](CC)N(Cc1ccc(Cl)cc1Cl)C(=O)Cc1ccc(Cl)c(Cl)c1. The molecule has 2 aromatic rings. The van der Waals surface area contributed by atoms with Crippen LogP contribution in [0.5, 0.6) is 0 Å². The number of benzene rings is 2. The van der Waals surface area contributed by atoms with Crippen molar-refractivity contribution in [2.75, 3.05) is 0 Å². The highest BCUT2D eigenvalue weighted by Crippen LogP contribution is 2.26. The number of carbonyl (C=O) groups excluding carboxylic acids is 2. The monoisotopic (exact) mass is 502 g/mol. The first-order chi connectivity index (χ1) is 14.7. The molecule has 2 rings (SSSR count). The number of nitrogens with one attached hydrogen (secondary N) is 1. The Morgan fingerprint density at radius 1 is 0.935 bits per heavy atom. The van der Waals surface area contributed by atoms with Crippen LogP contribution in [0.25, 0.3) is 0 Å². The molecule has 0 saturated heterocycles. The van der Waals surface area contributed by atoms with Crippen molar-refractivity contribution in [3.8, 4) is 0 Å². The van der Waals surface area contributed by atoms with E-state index in [-0.39, 0.29) is 30.8 Å². The second kappa shape index (κ2) is 12.0. The molecule has 2 amide bonds. The van der Waals surface area contributed by atoms with E-state index >= 15 is 0 Å². The first-order valence-electron chi connectivity index (χ1n) is 10.1. The fraction of sp³-hybridized carbons (Fsp3) is 0.391. The number of halogens is 4. The van der Waals surface area contributed by atoms with Gasteiger partial charge in [0.25, 0.3) is 0 Å². The lowest BCUT2D eigenvalue weighted by Gasteiger charge is -2.32. The Morgan fingerprint density at radius 3 is 2.23 bits per heavy atom. The molecule has 2 aromatic carbocycles. The Morgan fingerprint density at radius 2 is 1.65 bits per heavy atom. The number of rotatable bonds is 9. The van der Waals surface area contributed by atoms with Gasteiger partial charge in [0.05, 0.1) is 16.5 Å². The van der Waals surface area contributed by atoms with E-state index in [2.05, 4.69) is 5.32 Å². The third-order valence-electron chi connectivity index (χ3n) is 5.08. The molecule has 0 heterocycles. The largest absolute Gasteiger partial charge is 0.352 e. The maximum atomic E-state index is 13.4. The summed E-state index contributed by atoms with van der Waals surface area (Å²) >= 11 is 24.5. The van der Waals surface area contributed by atoms with E-state index in [9.17, 15) is 9.59 Å². The number of hydrogen-bond donors (Lipinski definition) is 1. The zero-order valence-corrected chi connectivity index (χ0v) is 20.7. The molecule has 0 spiro atoms. The van der Waals surface area contributed by atoms with Gasteiger partial charge in [0.1, 0.15) is 6.04 Å². The summed E-state index contributed by atoms with van der Waals surface area (Å²) in [4.78, 5) is 27.9. The van der Waals surface area contributed by atoms with Crippen LogP contribution in [-0.2, 0) is 22.6 Å². The van der Waals surface area contributed by atoms with Crippen LogP contribution in [0.4, 0.5) is 0 Å². The summed E-state index contributed by atoms with van der Waals surface area (Å²) < 4.78 is 0. The smallest absolute Gasteiger partial charge is 0.243 e. The number of amides is 2. The lowest BCUT2D eigenvalue weighted by molar-refractivity contribution is -0.141. The van der Waals surface area contributed by atoms with Gasteiger partial charge in [0.2, 0.25) is 11.8 Å². The highest BCUT2D eigenvalue weighted by molar-refractivity contribution is 6.42. The molecule has 0 fully saturated rings. The summed E-state index contributed by atoms with van der Waals surface area (Å²) in [5.41, 5.74) is 1.42. The average molecular weight is 504 g/mol. The van der Waals surface area contributed by atoms with Crippen molar-refractivity contribution in [1.82, 2.24) is 10.2 Å². The zero-order chi connectivity index (χ0) is 23.1. The predicted molar refractivity (Wildman–Crippen MR) is 129 cm³/mol. The Labute approximate surface area is 203 Å². The molecular formula is C23H26Cl4N2O2. The third-order valence-corrected chi connectivity index (χ3v) is 6.41. The van der Waals surface area contributed by atoms with E-state index < -0.39 is 6.04 Å². The molecule has 0 bridgehead atoms. The molecule has 8 heteroatoms. The topological polar surface area (TPSA) is 49.4 Å². The van der Waals surface area contributed by atoms with Crippen LogP contribution in [0.3, 0.4) is 0 Å². The van der Waals surface area contributed by atoms with Gasteiger partial charge < -0.3 is 10.2 Å². The lowest BCUT2D eigenvalue weighted by atomic mass is 10.1. The molecule has 0 saturated carbocycles. The van der Waals surface area contributed by atoms with Gasteiger partial charge in [-0.3, -0.25) is 9.59 Å². The predicted octanol–water partition coefficient (Wildman–Crippen LogP) is 6.56. The minimum Gasteiger partial charge on any atom is -0.352 e. The van der Waals surface area contributed by atoms with Crippen molar-refractivity contribution in [2.24, 2.45) is 0 Å². The molecule has 2 atom stereocenters. The average Bonchev–Trinajstić information content (AvgIpc) is 2.71. The quantitative estimate of drug-likeness (QED) is 0.421. The number of hydrogen-bond acceptors (Lipinski definition) is 2. The molecular weight excluding hydrogens is 478 g/mol. The normalized spacial score (nSPS) is 12.9. The van der Waals surface area contributed by atoms with Gasteiger partial charge in [-0.15, -0.1) is 0 Å². The van der Waals surface area contributed by atoms with Crippen molar-refractivity contribution in [1.29, 1.82) is 0 Å². The van der Waals surface area contributed by atoms with Gasteiger partial charge >= 0.3 is 0 Å². The first-order valence-corrected chi connectivity index (χ1v) is 11.6. The Hall–Kier alpha value is -1.46. The third kappa shape index (κ3) is 7.28. The molecule has 0 aliphatic heterocycles. The molecule has 4 nitrogen and oxygen atoms in total. The molecule has 31 heavy (non-hydrogen) atoms. The first kappa shape index (κ1) is 25.8. The molecule has 168 valence electrons. The highest BCUT2D eigenvalue weighted by Gasteiger charge is 2.29. The van der Waals surface area contributed by atoms with Crippen molar-refractivity contribution in [3.05, 3.63) is 67.6 Å². The van der Waals surface area contributed by atoms with Gasteiger partial charge in [-0.25, -0.2) is 0 Å². The number of carbonyl (C=O) groups is 2.